The van der Waals surface area contributed by atoms with E-state index in [2.05, 4.69) is 27.6 Å². The number of nitrogens with one attached hydrogen (secondary N) is 2. The first-order chi connectivity index (χ1) is 18.0. The summed E-state index contributed by atoms with van der Waals surface area (Å²) < 4.78 is 5.97. The Hall–Kier alpha value is -3.95. The van der Waals surface area contributed by atoms with Crippen LogP contribution in [0.3, 0.4) is 0 Å². The highest BCUT2D eigenvalue weighted by Gasteiger charge is 2.33. The molecule has 188 valence electrons. The highest BCUT2D eigenvalue weighted by molar-refractivity contribution is 7.23. The molecule has 8 nitrogen and oxygen atoms in total. The fraction of sp³-hybridized carbons (Fsp3) is 0.250. The number of thiophene rings is 1. The summed E-state index contributed by atoms with van der Waals surface area (Å²) in [5.74, 6) is 1.41. The second-order valence-corrected chi connectivity index (χ2v) is 10.5. The van der Waals surface area contributed by atoms with Crippen LogP contribution in [-0.2, 0) is 4.79 Å². The van der Waals surface area contributed by atoms with Crippen LogP contribution in [0.1, 0.15) is 18.4 Å². The fourth-order valence-electron chi connectivity index (χ4n) is 4.96. The number of carbonyl (C=O) groups excluding carboxylic acids is 2. The van der Waals surface area contributed by atoms with Gasteiger partial charge >= 0.3 is 6.03 Å². The number of rotatable bonds is 5. The van der Waals surface area contributed by atoms with Crippen molar-refractivity contribution in [3.8, 4) is 11.5 Å². The number of anilines is 4. The summed E-state index contributed by atoms with van der Waals surface area (Å²) in [5.41, 5.74) is 2.99. The van der Waals surface area contributed by atoms with Gasteiger partial charge in [-0.1, -0.05) is 29.5 Å². The van der Waals surface area contributed by atoms with Crippen molar-refractivity contribution in [2.24, 2.45) is 5.92 Å². The Kier molecular flexibility index (Phi) is 6.02. The predicted octanol–water partition coefficient (Wildman–Crippen LogP) is 6.36. The van der Waals surface area contributed by atoms with Gasteiger partial charge in [0.15, 0.2) is 0 Å². The number of para-hydroxylation sites is 1. The average molecular weight is 514 g/mol. The van der Waals surface area contributed by atoms with E-state index in [4.69, 9.17) is 4.74 Å². The number of pyridine rings is 1. The molecule has 0 saturated carbocycles. The molecule has 0 atom stereocenters. The number of ether oxygens (including phenoxy) is 1. The van der Waals surface area contributed by atoms with Crippen molar-refractivity contribution in [3.63, 3.8) is 0 Å². The third-order valence-corrected chi connectivity index (χ3v) is 7.97. The molecular weight excluding hydrogens is 486 g/mol. The Morgan fingerprint density at radius 2 is 1.86 bits per heavy atom. The van der Waals surface area contributed by atoms with E-state index in [1.165, 1.54) is 11.3 Å². The zero-order valence-electron chi connectivity index (χ0n) is 20.7. The van der Waals surface area contributed by atoms with E-state index >= 15 is 0 Å². The van der Waals surface area contributed by atoms with Gasteiger partial charge in [0.05, 0.1) is 22.4 Å². The van der Waals surface area contributed by atoms with Crippen LogP contribution in [0.25, 0.3) is 10.2 Å². The lowest BCUT2D eigenvalue weighted by atomic mass is 9.96. The minimum Gasteiger partial charge on any atom is -0.457 e. The first kappa shape index (κ1) is 23.4. The first-order valence-electron chi connectivity index (χ1n) is 12.3. The quantitative estimate of drug-likeness (QED) is 0.324. The van der Waals surface area contributed by atoms with Crippen molar-refractivity contribution in [1.82, 2.24) is 9.88 Å². The Morgan fingerprint density at radius 1 is 1.08 bits per heavy atom. The normalized spacial score (nSPS) is 16.1. The van der Waals surface area contributed by atoms with Crippen LogP contribution in [0, 0.1) is 12.8 Å². The van der Waals surface area contributed by atoms with Crippen LogP contribution in [0.4, 0.5) is 26.9 Å². The topological polar surface area (TPSA) is 86.8 Å². The number of carbonyl (C=O) groups is 2. The summed E-state index contributed by atoms with van der Waals surface area (Å²) in [6.07, 6.45) is 3.36. The van der Waals surface area contributed by atoms with Gasteiger partial charge < -0.3 is 20.3 Å². The molecule has 4 heterocycles. The summed E-state index contributed by atoms with van der Waals surface area (Å²) in [6.45, 7) is 3.77. The zero-order chi connectivity index (χ0) is 25.5. The molecule has 2 aliphatic heterocycles. The number of piperidine rings is 1. The molecule has 0 bridgehead atoms. The van der Waals surface area contributed by atoms with Gasteiger partial charge in [0.2, 0.25) is 5.91 Å². The molecule has 2 aromatic carbocycles. The number of likely N-dealkylation sites (tertiary alicyclic amines) is 1. The van der Waals surface area contributed by atoms with Crippen LogP contribution in [0.15, 0.2) is 60.8 Å². The van der Waals surface area contributed by atoms with Crippen molar-refractivity contribution in [3.05, 3.63) is 66.4 Å². The Morgan fingerprint density at radius 3 is 2.62 bits per heavy atom. The molecule has 0 aliphatic carbocycles. The molecule has 1 fully saturated rings. The smallest absolute Gasteiger partial charge is 0.331 e. The standard InChI is InChI=1S/C28H27N5O3S/c1-17-16-20(36-19-6-4-3-5-7-19)8-9-21(17)33-22-10-13-29-26-23(22)24(30-28(33)35)27(37-26)31-25(34)18-11-14-32(2)15-12-18/h3-10,13,16,18H,11-12,14-15H2,1-2H3,(H,30,35)(H,31,34). The van der Waals surface area contributed by atoms with Gasteiger partial charge in [-0.15, -0.1) is 0 Å². The second-order valence-electron chi connectivity index (χ2n) is 9.51. The summed E-state index contributed by atoms with van der Waals surface area (Å²) in [4.78, 5) is 35.7. The van der Waals surface area contributed by atoms with Crippen LogP contribution < -0.4 is 20.3 Å². The maximum Gasteiger partial charge on any atom is 0.331 e. The second kappa shape index (κ2) is 9.49. The molecule has 37 heavy (non-hydrogen) atoms. The number of aryl methyl sites for hydroxylation is 1. The Bertz CT molecular complexity index is 1490. The van der Waals surface area contributed by atoms with E-state index in [0.29, 0.717) is 16.4 Å². The van der Waals surface area contributed by atoms with Crippen molar-refractivity contribution in [2.75, 3.05) is 35.7 Å². The fourth-order valence-corrected chi connectivity index (χ4v) is 5.99. The van der Waals surface area contributed by atoms with Gasteiger partial charge in [-0.05, 0) is 81.9 Å². The molecule has 2 aromatic heterocycles. The minimum atomic E-state index is -0.284. The number of urea groups is 1. The van der Waals surface area contributed by atoms with Crippen LogP contribution in [0.5, 0.6) is 11.5 Å². The molecule has 1 saturated heterocycles. The lowest BCUT2D eigenvalue weighted by Crippen LogP contribution is -2.36. The third kappa shape index (κ3) is 4.41. The monoisotopic (exact) mass is 513 g/mol. The predicted molar refractivity (Wildman–Crippen MR) is 147 cm³/mol. The highest BCUT2D eigenvalue weighted by atomic mass is 32.1. The molecule has 3 amide bonds. The zero-order valence-corrected chi connectivity index (χ0v) is 21.5. The van der Waals surface area contributed by atoms with Crippen molar-refractivity contribution in [1.29, 1.82) is 0 Å². The first-order valence-corrected chi connectivity index (χ1v) is 13.1. The summed E-state index contributed by atoms with van der Waals surface area (Å²) in [5, 5.41) is 7.57. The largest absolute Gasteiger partial charge is 0.457 e. The number of nitrogens with zero attached hydrogens (tertiary/aromatic N) is 3. The van der Waals surface area contributed by atoms with Gasteiger partial charge in [-0.2, -0.15) is 0 Å². The van der Waals surface area contributed by atoms with Gasteiger partial charge in [-0.3, -0.25) is 9.69 Å². The molecule has 4 aromatic rings. The van der Waals surface area contributed by atoms with E-state index in [9.17, 15) is 9.59 Å². The summed E-state index contributed by atoms with van der Waals surface area (Å²) in [7, 11) is 2.07. The Labute approximate surface area is 218 Å². The average Bonchev–Trinajstić information content (AvgIpc) is 3.24. The van der Waals surface area contributed by atoms with E-state index in [1.54, 1.807) is 11.1 Å². The SMILES string of the molecule is Cc1cc(Oc2ccccc2)ccc1N1C(=O)Nc2c(NC(=O)C3CCN(C)CC3)sc3nccc1c23. The number of hydrogen-bond donors (Lipinski definition) is 2. The lowest BCUT2D eigenvalue weighted by Gasteiger charge is -2.30. The molecule has 2 aliphatic rings. The minimum absolute atomic E-state index is 0.000941. The van der Waals surface area contributed by atoms with E-state index in [1.807, 2.05) is 61.5 Å². The molecule has 0 radical (unpaired) electrons. The molecular formula is C28H27N5O3S. The van der Waals surface area contributed by atoms with Gasteiger partial charge in [0, 0.05) is 12.1 Å². The third-order valence-electron chi connectivity index (χ3n) is 6.96. The van der Waals surface area contributed by atoms with Crippen LogP contribution in [0.2, 0.25) is 0 Å². The molecule has 0 unspecified atom stereocenters. The molecule has 2 N–H and O–H groups in total. The highest BCUT2D eigenvalue weighted by Crippen LogP contribution is 2.49. The van der Waals surface area contributed by atoms with Crippen molar-refractivity contribution < 1.29 is 14.3 Å². The van der Waals surface area contributed by atoms with Crippen LogP contribution in [-0.4, -0.2) is 42.0 Å². The number of aromatic nitrogens is 1. The number of amides is 3. The van der Waals surface area contributed by atoms with Gasteiger partial charge in [0.25, 0.3) is 0 Å². The van der Waals surface area contributed by atoms with Crippen molar-refractivity contribution in [2.45, 2.75) is 19.8 Å². The Balaban J connectivity index is 1.31. The van der Waals surface area contributed by atoms with Crippen molar-refractivity contribution >= 4 is 55.6 Å². The molecule has 9 heteroatoms. The summed E-state index contributed by atoms with van der Waals surface area (Å²) in [6, 6.07) is 16.8. The van der Waals surface area contributed by atoms with Crippen LogP contribution >= 0.6 is 11.3 Å². The number of benzene rings is 2. The van der Waals surface area contributed by atoms with E-state index < -0.39 is 0 Å². The molecule has 6 rings (SSSR count). The van der Waals surface area contributed by atoms with Gasteiger partial charge in [-0.25, -0.2) is 9.78 Å². The van der Waals surface area contributed by atoms with E-state index in [-0.39, 0.29) is 17.9 Å². The maximum atomic E-state index is 13.4. The lowest BCUT2D eigenvalue weighted by molar-refractivity contribution is -0.121. The van der Waals surface area contributed by atoms with Gasteiger partial charge in [0.1, 0.15) is 21.3 Å². The number of hydrogen-bond acceptors (Lipinski definition) is 6. The maximum absolute atomic E-state index is 13.4. The van der Waals surface area contributed by atoms with E-state index in [0.717, 1.165) is 58.8 Å². The molecule has 0 spiro atoms. The summed E-state index contributed by atoms with van der Waals surface area (Å²) >= 11 is 1.39.